The number of halogens is 1. The zero-order valence-corrected chi connectivity index (χ0v) is 17.4. The molecule has 156 valence electrons. The number of rotatable bonds is 6. The van der Waals surface area contributed by atoms with Gasteiger partial charge in [0.2, 0.25) is 10.0 Å². The van der Waals surface area contributed by atoms with E-state index in [4.69, 9.17) is 16.3 Å². The molecule has 0 spiro atoms. The summed E-state index contributed by atoms with van der Waals surface area (Å²) in [6.07, 6.45) is 5.19. The van der Waals surface area contributed by atoms with E-state index in [0.717, 1.165) is 25.7 Å². The maximum Gasteiger partial charge on any atom is 0.263 e. The fourth-order valence-electron chi connectivity index (χ4n) is 3.34. The Morgan fingerprint density at radius 3 is 2.62 bits per heavy atom. The Balaban J connectivity index is 1.76. The van der Waals surface area contributed by atoms with E-state index in [1.54, 1.807) is 0 Å². The summed E-state index contributed by atoms with van der Waals surface area (Å²) in [4.78, 5) is 12.4. The Kier molecular flexibility index (Phi) is 7.14. The van der Waals surface area contributed by atoms with E-state index in [2.05, 4.69) is 10.6 Å². The molecule has 0 radical (unpaired) electrons. The Morgan fingerprint density at radius 1 is 1.28 bits per heavy atom. The zero-order chi connectivity index (χ0) is 20.9. The largest absolute Gasteiger partial charge is 0.379 e. The fourth-order valence-corrected chi connectivity index (χ4v) is 4.95. The van der Waals surface area contributed by atoms with Crippen molar-refractivity contribution in [3.05, 3.63) is 35.0 Å². The van der Waals surface area contributed by atoms with Gasteiger partial charge in [-0.15, -0.1) is 0 Å². The van der Waals surface area contributed by atoms with Crippen molar-refractivity contribution in [2.24, 2.45) is 0 Å². The highest BCUT2D eigenvalue weighted by molar-refractivity contribution is 7.89. The number of ether oxygens (including phenoxy) is 1. The first-order valence-corrected chi connectivity index (χ1v) is 11.3. The van der Waals surface area contributed by atoms with Crippen molar-refractivity contribution in [2.75, 3.05) is 31.6 Å². The number of nitrogens with one attached hydrogen (secondary N) is 2. The molecule has 0 aromatic heterocycles. The standard InChI is InChI=1S/C19H23ClN4O4S/c20-17-6-5-16(29(26,27)24-7-9-28-10-8-24)11-18(17)22-13-14(12-21)19(25)23-15-3-1-2-4-15/h5-6,11,13,15,22H,1-4,7-10H2,(H,23,25)/b14-13-. The summed E-state index contributed by atoms with van der Waals surface area (Å²) in [7, 11) is -3.69. The van der Waals surface area contributed by atoms with Crippen LogP contribution in [0, 0.1) is 11.3 Å². The molecule has 0 atom stereocenters. The third-order valence-electron chi connectivity index (χ3n) is 4.97. The van der Waals surface area contributed by atoms with E-state index in [1.807, 2.05) is 6.07 Å². The Morgan fingerprint density at radius 2 is 1.97 bits per heavy atom. The van der Waals surface area contributed by atoms with Gasteiger partial charge in [-0.05, 0) is 31.0 Å². The number of nitriles is 1. The second kappa shape index (κ2) is 9.59. The van der Waals surface area contributed by atoms with Crippen molar-refractivity contribution in [3.8, 4) is 6.07 Å². The first-order valence-electron chi connectivity index (χ1n) is 9.47. The van der Waals surface area contributed by atoms with E-state index in [1.165, 1.54) is 28.7 Å². The van der Waals surface area contributed by atoms with Crippen LogP contribution in [0.25, 0.3) is 0 Å². The summed E-state index contributed by atoms with van der Waals surface area (Å²) < 4.78 is 32.2. The van der Waals surface area contributed by atoms with Gasteiger partial charge in [0.25, 0.3) is 5.91 Å². The van der Waals surface area contributed by atoms with Crippen molar-refractivity contribution in [1.29, 1.82) is 5.26 Å². The summed E-state index contributed by atoms with van der Waals surface area (Å²) in [5.41, 5.74) is 0.192. The Hall–Kier alpha value is -2.12. The van der Waals surface area contributed by atoms with Crippen LogP contribution in [-0.4, -0.2) is 51.0 Å². The summed E-state index contributed by atoms with van der Waals surface area (Å²) in [5.74, 6) is -0.458. The average molecular weight is 439 g/mol. The fraction of sp³-hybridized carbons (Fsp3) is 0.474. The van der Waals surface area contributed by atoms with Gasteiger partial charge in [0.15, 0.2) is 0 Å². The van der Waals surface area contributed by atoms with Crippen molar-refractivity contribution in [1.82, 2.24) is 9.62 Å². The van der Waals surface area contributed by atoms with Crippen molar-refractivity contribution in [2.45, 2.75) is 36.6 Å². The van der Waals surface area contributed by atoms with Crippen LogP contribution < -0.4 is 10.6 Å². The molecular weight excluding hydrogens is 416 g/mol. The lowest BCUT2D eigenvalue weighted by Crippen LogP contribution is -2.40. The van der Waals surface area contributed by atoms with Gasteiger partial charge in [-0.25, -0.2) is 8.42 Å². The molecule has 1 aromatic rings. The van der Waals surface area contributed by atoms with Crippen LogP contribution in [0.4, 0.5) is 5.69 Å². The van der Waals surface area contributed by atoms with Gasteiger partial charge in [0.1, 0.15) is 11.6 Å². The van der Waals surface area contributed by atoms with Gasteiger partial charge in [0, 0.05) is 25.3 Å². The topological polar surface area (TPSA) is 112 Å². The van der Waals surface area contributed by atoms with Crippen LogP contribution in [0.2, 0.25) is 5.02 Å². The van der Waals surface area contributed by atoms with Gasteiger partial charge in [0.05, 0.1) is 28.8 Å². The van der Waals surface area contributed by atoms with E-state index in [-0.39, 0.29) is 34.6 Å². The average Bonchev–Trinajstić information content (AvgIpc) is 3.23. The SMILES string of the molecule is N#C/C(=C/Nc1cc(S(=O)(=O)N2CCOCC2)ccc1Cl)C(=O)NC1CCCC1. The molecule has 2 N–H and O–H groups in total. The highest BCUT2D eigenvalue weighted by Crippen LogP contribution is 2.27. The second-order valence-electron chi connectivity index (χ2n) is 6.93. The first-order chi connectivity index (χ1) is 13.9. The quantitative estimate of drug-likeness (QED) is 0.520. The number of hydrogen-bond donors (Lipinski definition) is 2. The van der Waals surface area contributed by atoms with Crippen molar-refractivity contribution >= 4 is 33.2 Å². The highest BCUT2D eigenvalue weighted by Gasteiger charge is 2.27. The van der Waals surface area contributed by atoms with Crippen LogP contribution in [0.3, 0.4) is 0 Å². The molecule has 1 aromatic carbocycles. The van der Waals surface area contributed by atoms with E-state index < -0.39 is 15.9 Å². The molecule has 8 nitrogen and oxygen atoms in total. The molecule has 1 amide bonds. The predicted octanol–water partition coefficient (Wildman–Crippen LogP) is 2.24. The molecule has 1 heterocycles. The molecule has 3 rings (SSSR count). The molecular formula is C19H23ClN4O4S. The lowest BCUT2D eigenvalue weighted by Gasteiger charge is -2.26. The lowest BCUT2D eigenvalue weighted by molar-refractivity contribution is -0.117. The third-order valence-corrected chi connectivity index (χ3v) is 7.20. The molecule has 1 aliphatic heterocycles. The lowest BCUT2D eigenvalue weighted by atomic mass is 10.2. The van der Waals surface area contributed by atoms with Gasteiger partial charge >= 0.3 is 0 Å². The Bertz CT molecular complexity index is 930. The minimum atomic E-state index is -3.69. The molecule has 10 heteroatoms. The van der Waals surface area contributed by atoms with Gasteiger partial charge in [-0.3, -0.25) is 4.79 Å². The predicted molar refractivity (Wildman–Crippen MR) is 109 cm³/mol. The highest BCUT2D eigenvalue weighted by atomic mass is 35.5. The van der Waals surface area contributed by atoms with Gasteiger partial charge in [-0.2, -0.15) is 9.57 Å². The molecule has 1 saturated carbocycles. The number of benzene rings is 1. The van der Waals surface area contributed by atoms with Crippen LogP contribution in [0.5, 0.6) is 0 Å². The number of anilines is 1. The molecule has 0 unspecified atom stereocenters. The number of sulfonamides is 1. The minimum Gasteiger partial charge on any atom is -0.379 e. The van der Waals surface area contributed by atoms with E-state index in [0.29, 0.717) is 18.9 Å². The summed E-state index contributed by atoms with van der Waals surface area (Å²) in [6.45, 7) is 1.27. The molecule has 0 bridgehead atoms. The van der Waals surface area contributed by atoms with Gasteiger partial charge in [-0.1, -0.05) is 24.4 Å². The van der Waals surface area contributed by atoms with E-state index in [9.17, 15) is 18.5 Å². The Labute approximate surface area is 175 Å². The summed E-state index contributed by atoms with van der Waals surface area (Å²) >= 11 is 6.17. The van der Waals surface area contributed by atoms with Gasteiger partial charge < -0.3 is 15.4 Å². The summed E-state index contributed by atoms with van der Waals surface area (Å²) in [6, 6.07) is 6.25. The maximum atomic E-state index is 12.8. The van der Waals surface area contributed by atoms with Crippen molar-refractivity contribution in [3.63, 3.8) is 0 Å². The molecule has 1 aliphatic carbocycles. The third kappa shape index (κ3) is 5.28. The number of nitrogens with zero attached hydrogens (tertiary/aromatic N) is 2. The zero-order valence-electron chi connectivity index (χ0n) is 15.9. The normalized spacial score (nSPS) is 19.0. The van der Waals surface area contributed by atoms with Crippen LogP contribution >= 0.6 is 11.6 Å². The monoisotopic (exact) mass is 438 g/mol. The summed E-state index contributed by atoms with van der Waals surface area (Å²) in [5, 5.41) is 15.2. The first kappa shape index (κ1) is 21.6. The number of morpholine rings is 1. The number of carbonyl (C=O) groups is 1. The molecule has 1 saturated heterocycles. The smallest absolute Gasteiger partial charge is 0.263 e. The second-order valence-corrected chi connectivity index (χ2v) is 9.27. The number of carbonyl (C=O) groups excluding carboxylic acids is 1. The van der Waals surface area contributed by atoms with Crippen LogP contribution in [0.15, 0.2) is 34.9 Å². The maximum absolute atomic E-state index is 12.8. The van der Waals surface area contributed by atoms with Crippen LogP contribution in [0.1, 0.15) is 25.7 Å². The number of hydrogen-bond acceptors (Lipinski definition) is 6. The molecule has 2 aliphatic rings. The minimum absolute atomic E-state index is 0.0774. The number of amides is 1. The van der Waals surface area contributed by atoms with Crippen LogP contribution in [-0.2, 0) is 19.6 Å². The molecule has 2 fully saturated rings. The molecule has 29 heavy (non-hydrogen) atoms. The van der Waals surface area contributed by atoms with E-state index >= 15 is 0 Å². The van der Waals surface area contributed by atoms with Crippen molar-refractivity contribution < 1.29 is 17.9 Å².